The highest BCUT2D eigenvalue weighted by Crippen LogP contribution is 2.43. The van der Waals surface area contributed by atoms with Crippen molar-refractivity contribution < 1.29 is 19.1 Å². The van der Waals surface area contributed by atoms with E-state index in [4.69, 9.17) is 21.1 Å². The van der Waals surface area contributed by atoms with Crippen molar-refractivity contribution in [3.63, 3.8) is 0 Å². The molecule has 0 bridgehead atoms. The smallest absolute Gasteiger partial charge is 0.257 e. The summed E-state index contributed by atoms with van der Waals surface area (Å²) < 4.78 is 10.6. The maximum absolute atomic E-state index is 13.7. The summed E-state index contributed by atoms with van der Waals surface area (Å²) in [5.74, 6) is 1.20. The molecule has 0 N–H and O–H groups in total. The van der Waals surface area contributed by atoms with Crippen LogP contribution in [-0.4, -0.2) is 62.0 Å². The summed E-state index contributed by atoms with van der Waals surface area (Å²) in [5.41, 5.74) is 1.07. The van der Waals surface area contributed by atoms with Gasteiger partial charge < -0.3 is 19.3 Å². The highest BCUT2D eigenvalue weighted by Gasteiger charge is 2.45. The maximum Gasteiger partial charge on any atom is 0.257 e. The topological polar surface area (TPSA) is 59.1 Å². The number of amides is 2. The Morgan fingerprint density at radius 2 is 1.50 bits per heavy atom. The first-order valence-electron chi connectivity index (χ1n) is 11.1. The van der Waals surface area contributed by atoms with E-state index in [9.17, 15) is 9.59 Å². The molecule has 1 aliphatic heterocycles. The molecule has 2 amide bonds. The normalized spacial score (nSPS) is 17.8. The molecule has 1 heterocycles. The molecule has 1 aliphatic carbocycles. The number of hydrogen-bond acceptors (Lipinski definition) is 4. The minimum Gasteiger partial charge on any atom is -0.497 e. The van der Waals surface area contributed by atoms with Crippen LogP contribution in [0.5, 0.6) is 11.5 Å². The second kappa shape index (κ2) is 9.41. The van der Waals surface area contributed by atoms with Gasteiger partial charge in [0.05, 0.1) is 25.2 Å². The number of carbonyl (C=O) groups excluding carboxylic acids is 2. The lowest BCUT2D eigenvalue weighted by molar-refractivity contribution is -0.138. The van der Waals surface area contributed by atoms with Crippen LogP contribution in [0.25, 0.3) is 0 Å². The third-order valence-corrected chi connectivity index (χ3v) is 7.01. The molecule has 0 aromatic heterocycles. The van der Waals surface area contributed by atoms with Crippen LogP contribution < -0.4 is 9.47 Å². The minimum atomic E-state index is -0.476. The number of piperazine rings is 1. The average molecular weight is 457 g/mol. The maximum atomic E-state index is 13.7. The summed E-state index contributed by atoms with van der Waals surface area (Å²) in [5, 5.41) is 0.676. The van der Waals surface area contributed by atoms with Gasteiger partial charge in [0.25, 0.3) is 5.91 Å². The molecular formula is C25H29ClN2O4. The van der Waals surface area contributed by atoms with Gasteiger partial charge in [0.15, 0.2) is 0 Å². The van der Waals surface area contributed by atoms with Crippen LogP contribution in [0, 0.1) is 0 Å². The number of rotatable bonds is 5. The van der Waals surface area contributed by atoms with Crippen molar-refractivity contribution >= 4 is 23.4 Å². The van der Waals surface area contributed by atoms with Gasteiger partial charge >= 0.3 is 0 Å². The summed E-state index contributed by atoms with van der Waals surface area (Å²) in [7, 11) is 3.12. The van der Waals surface area contributed by atoms with Crippen LogP contribution in [0.4, 0.5) is 0 Å². The molecule has 7 heteroatoms. The van der Waals surface area contributed by atoms with Gasteiger partial charge in [0.2, 0.25) is 5.91 Å². The van der Waals surface area contributed by atoms with E-state index in [0.717, 1.165) is 31.2 Å². The zero-order valence-electron chi connectivity index (χ0n) is 18.6. The molecule has 32 heavy (non-hydrogen) atoms. The average Bonchev–Trinajstić information content (AvgIpc) is 3.34. The fourth-order valence-electron chi connectivity index (χ4n) is 4.93. The Hall–Kier alpha value is -2.73. The SMILES string of the molecule is COc1ccc(C(=O)N2CCN(C(=O)C3(c4ccc(Cl)cc4)CCCC3)CC2)c(OC)c1. The molecule has 2 fully saturated rings. The van der Waals surface area contributed by atoms with Crippen LogP contribution in [0.1, 0.15) is 41.6 Å². The Bertz CT molecular complexity index is 978. The van der Waals surface area contributed by atoms with Crippen LogP contribution >= 0.6 is 11.6 Å². The van der Waals surface area contributed by atoms with E-state index >= 15 is 0 Å². The first-order chi connectivity index (χ1) is 15.5. The quantitative estimate of drug-likeness (QED) is 0.678. The zero-order chi connectivity index (χ0) is 22.7. The highest BCUT2D eigenvalue weighted by molar-refractivity contribution is 6.30. The number of ether oxygens (including phenoxy) is 2. The Balaban J connectivity index is 1.47. The molecule has 2 aliphatic rings. The second-order valence-corrected chi connectivity index (χ2v) is 8.88. The van der Waals surface area contributed by atoms with Crippen LogP contribution in [0.15, 0.2) is 42.5 Å². The van der Waals surface area contributed by atoms with Gasteiger partial charge in [-0.2, -0.15) is 0 Å². The number of hydrogen-bond donors (Lipinski definition) is 0. The van der Waals surface area contributed by atoms with Crippen molar-refractivity contribution in [2.75, 3.05) is 40.4 Å². The monoisotopic (exact) mass is 456 g/mol. The molecule has 170 valence electrons. The van der Waals surface area contributed by atoms with Gasteiger partial charge in [0.1, 0.15) is 11.5 Å². The molecule has 0 spiro atoms. The number of carbonyl (C=O) groups is 2. The number of nitrogens with zero attached hydrogens (tertiary/aromatic N) is 2. The molecule has 1 saturated carbocycles. The van der Waals surface area contributed by atoms with Gasteiger partial charge in [-0.25, -0.2) is 0 Å². The van der Waals surface area contributed by atoms with Gasteiger partial charge in [-0.05, 0) is 42.7 Å². The Morgan fingerprint density at radius 1 is 0.875 bits per heavy atom. The van der Waals surface area contributed by atoms with Crippen molar-refractivity contribution in [3.05, 3.63) is 58.6 Å². The third-order valence-electron chi connectivity index (χ3n) is 6.76. The number of methoxy groups -OCH3 is 2. The molecule has 2 aromatic carbocycles. The van der Waals surface area contributed by atoms with E-state index in [0.29, 0.717) is 48.3 Å². The van der Waals surface area contributed by atoms with Crippen molar-refractivity contribution in [2.24, 2.45) is 0 Å². The van der Waals surface area contributed by atoms with Crippen molar-refractivity contribution in [1.82, 2.24) is 9.80 Å². The van der Waals surface area contributed by atoms with Crippen LogP contribution in [-0.2, 0) is 10.2 Å². The Labute approximate surface area is 194 Å². The summed E-state index contributed by atoms with van der Waals surface area (Å²) in [4.78, 5) is 30.5. The predicted octanol–water partition coefficient (Wildman–Crippen LogP) is 4.15. The fraction of sp³-hybridized carbons (Fsp3) is 0.440. The molecule has 6 nitrogen and oxygen atoms in total. The van der Waals surface area contributed by atoms with Crippen LogP contribution in [0.2, 0.25) is 5.02 Å². The molecule has 2 aromatic rings. The van der Waals surface area contributed by atoms with E-state index in [2.05, 4.69) is 0 Å². The Kier molecular flexibility index (Phi) is 6.60. The van der Waals surface area contributed by atoms with Gasteiger partial charge in [-0.3, -0.25) is 9.59 Å². The lowest BCUT2D eigenvalue weighted by atomic mass is 9.77. The molecule has 0 atom stereocenters. The number of benzene rings is 2. The van der Waals surface area contributed by atoms with Gasteiger partial charge in [0, 0.05) is 37.3 Å². The van der Waals surface area contributed by atoms with E-state index in [1.807, 2.05) is 29.2 Å². The van der Waals surface area contributed by atoms with Gasteiger partial charge in [-0.1, -0.05) is 36.6 Å². The first kappa shape index (κ1) is 22.5. The largest absolute Gasteiger partial charge is 0.497 e. The molecule has 0 unspecified atom stereocenters. The van der Waals surface area contributed by atoms with Crippen molar-refractivity contribution in [1.29, 1.82) is 0 Å². The molecule has 4 rings (SSSR count). The standard InChI is InChI=1S/C25H29ClN2O4/c1-31-20-9-10-21(22(17-20)32-2)23(29)27-13-15-28(16-14-27)24(30)25(11-3-4-12-25)18-5-7-19(26)8-6-18/h5-10,17H,3-4,11-16H2,1-2H3. The highest BCUT2D eigenvalue weighted by atomic mass is 35.5. The number of halogens is 1. The lowest BCUT2D eigenvalue weighted by Gasteiger charge is -2.40. The fourth-order valence-corrected chi connectivity index (χ4v) is 5.06. The van der Waals surface area contributed by atoms with E-state index < -0.39 is 5.41 Å². The molecular weight excluding hydrogens is 428 g/mol. The molecule has 0 radical (unpaired) electrons. The van der Waals surface area contributed by atoms with Crippen molar-refractivity contribution in [3.8, 4) is 11.5 Å². The van der Waals surface area contributed by atoms with E-state index in [-0.39, 0.29) is 11.8 Å². The van der Waals surface area contributed by atoms with E-state index in [1.165, 1.54) is 0 Å². The molecule has 1 saturated heterocycles. The summed E-state index contributed by atoms with van der Waals surface area (Å²) in [6, 6.07) is 12.9. The van der Waals surface area contributed by atoms with Crippen molar-refractivity contribution in [2.45, 2.75) is 31.1 Å². The first-order valence-corrected chi connectivity index (χ1v) is 11.4. The van der Waals surface area contributed by atoms with E-state index in [1.54, 1.807) is 37.3 Å². The Morgan fingerprint density at radius 3 is 2.09 bits per heavy atom. The minimum absolute atomic E-state index is 0.0927. The zero-order valence-corrected chi connectivity index (χ0v) is 19.4. The lowest BCUT2D eigenvalue weighted by Crippen LogP contribution is -2.55. The summed E-state index contributed by atoms with van der Waals surface area (Å²) in [6.45, 7) is 2.05. The summed E-state index contributed by atoms with van der Waals surface area (Å²) >= 11 is 6.08. The summed E-state index contributed by atoms with van der Waals surface area (Å²) in [6.07, 6.45) is 3.81. The van der Waals surface area contributed by atoms with Crippen LogP contribution in [0.3, 0.4) is 0 Å². The van der Waals surface area contributed by atoms with Gasteiger partial charge in [-0.15, -0.1) is 0 Å². The second-order valence-electron chi connectivity index (χ2n) is 8.45. The predicted molar refractivity (Wildman–Crippen MR) is 124 cm³/mol. The third kappa shape index (κ3) is 4.16.